The molecule has 11 rings (SSSR count). The fraction of sp³-hybridized carbons (Fsp3) is 0.338. The number of primary amides is 1. The Bertz CT molecular complexity index is 4540. The topological polar surface area (TPSA) is 441 Å². The van der Waals surface area contributed by atoms with Gasteiger partial charge in [0.2, 0.25) is 65.0 Å². The van der Waals surface area contributed by atoms with E-state index >= 15 is 24.0 Å². The number of rotatable bonds is 15. The number of phenols is 1. The number of halogens is 2. The number of phenolic OH excluding ortho intramolecular Hbond substituents is 1. The summed E-state index contributed by atoms with van der Waals surface area (Å²) in [5.41, 5.74) is 7.70. The first-order valence-corrected chi connectivity index (χ1v) is 34.3. The van der Waals surface area contributed by atoms with Gasteiger partial charge in [0, 0.05) is 85.2 Å². The van der Waals surface area contributed by atoms with Gasteiger partial charge in [-0.15, -0.1) is 0 Å². The molecule has 30 nitrogen and oxygen atoms in total. The Morgan fingerprint density at radius 1 is 0.670 bits per heavy atom. The molecule has 6 heterocycles. The smallest absolute Gasteiger partial charge is 0.308 e. The first-order chi connectivity index (χ1) is 50.8. The fourth-order valence-corrected chi connectivity index (χ4v) is 12.7. The highest BCUT2D eigenvalue weighted by atomic mass is 19.1. The SMILES string of the molecule is CC(=O)N[C@@H]1CC(=O)NCCOc2ccc(cc2)CC(C(N)=O)NC(=O)[C@]2(C)CCCN2C(=O)[C@H](Cc2ccc(O)cc2)NC(=O)[C@H](Cc2cnc[nH]2)NC(=O)[C@H](CC(=O)OCc2ccccc2)NC(=O)[C@H](CCc2c[nH]c3ccc(F)cc23)NC(=O)[C@H](Cc2c[nH]c3ccc(F)cc23)NC(=O)CNC1=O. The molecule has 0 aliphatic carbocycles. The number of aromatic amines is 3. The molecule has 1 unspecified atom stereocenters. The number of aryl methyl sites for hydroxylation is 1. The highest BCUT2D eigenvalue weighted by Gasteiger charge is 2.49. The first kappa shape index (κ1) is 76.1. The second-order valence-electron chi connectivity index (χ2n) is 26.1. The molecule has 5 aromatic carbocycles. The zero-order valence-electron chi connectivity index (χ0n) is 57.8. The summed E-state index contributed by atoms with van der Waals surface area (Å²) in [6, 6.07) is 16.9. The van der Waals surface area contributed by atoms with E-state index in [1.165, 1.54) is 91.2 Å². The number of hydrogen-bond acceptors (Lipinski definition) is 16. The third-order valence-corrected chi connectivity index (χ3v) is 18.3. The number of nitrogens with zero attached hydrogens (tertiary/aromatic N) is 2. The lowest BCUT2D eigenvalue weighted by molar-refractivity contribution is -0.148. The zero-order valence-corrected chi connectivity index (χ0v) is 57.8. The quantitative estimate of drug-likeness (QED) is 0.0513. The number of nitrogens with one attached hydrogen (secondary N) is 12. The predicted molar refractivity (Wildman–Crippen MR) is 378 cm³/mol. The number of ether oxygens (including phenoxy) is 2. The van der Waals surface area contributed by atoms with Crippen LogP contribution in [0.5, 0.6) is 11.5 Å². The van der Waals surface area contributed by atoms with Gasteiger partial charge in [-0.1, -0.05) is 54.6 Å². The Morgan fingerprint density at radius 2 is 1.30 bits per heavy atom. The summed E-state index contributed by atoms with van der Waals surface area (Å²) in [6.07, 6.45) is 2.93. The number of benzene rings is 5. The highest BCUT2D eigenvalue weighted by molar-refractivity contribution is 6.01. The number of H-pyrrole nitrogens is 3. The first-order valence-electron chi connectivity index (χ1n) is 34.3. The van der Waals surface area contributed by atoms with Crippen LogP contribution in [0.25, 0.3) is 21.8 Å². The van der Waals surface area contributed by atoms with E-state index in [-0.39, 0.29) is 88.3 Å². The van der Waals surface area contributed by atoms with E-state index in [1.807, 2.05) is 0 Å². The summed E-state index contributed by atoms with van der Waals surface area (Å²) in [7, 11) is 0. The summed E-state index contributed by atoms with van der Waals surface area (Å²) in [5.74, 6) is -12.3. The van der Waals surface area contributed by atoms with E-state index in [0.29, 0.717) is 49.8 Å². The summed E-state index contributed by atoms with van der Waals surface area (Å²) < 4.78 is 41.3. The van der Waals surface area contributed by atoms with Crippen LogP contribution in [0.3, 0.4) is 0 Å². The van der Waals surface area contributed by atoms with Crippen molar-refractivity contribution in [1.82, 2.24) is 72.7 Å². The lowest BCUT2D eigenvalue weighted by atomic mass is 9.94. The number of fused-ring (bicyclic) bond motifs is 32. The van der Waals surface area contributed by atoms with Crippen molar-refractivity contribution in [3.8, 4) is 11.5 Å². The standard InChI is InChI=1S/C74H81F2N15O15/c1-41(92)84-60-33-63(94)79-24-26-105-51-18-11-43(12-19-51)27-57(66(77)97)90-73(104)74(2)23-6-25-91(74)72(103)62(28-42-9-16-50(93)17-10-42)89-70(101)59(32-49-37-78-40-83-49)87-71(102)61(34-65(96)106-39-44-7-4-3-5-8-44)88-68(99)56(20-13-45-35-80-54-21-14-47(75)30-52(45)54)86-69(100)58(85-64(95)38-82-67(60)98)29-46-36-81-55-22-15-48(76)31-53(46)55/h3-5,7-12,14-19,21-22,30-31,35-37,40,56-62,80-81,93H,6,13,20,23-29,32-34,38-39H2,1-2H3,(H2,77,97)(H,78,83)(H,79,94)(H,82,98)(H,84,92)(H,85,95)(H,86,100)(H,87,102)(H,88,99)(H,89,101)(H,90,104)/t56-,57?,58-,59-,60+,61-,62-,74-/m0/s1. The van der Waals surface area contributed by atoms with Gasteiger partial charge < -0.3 is 88.0 Å². The van der Waals surface area contributed by atoms with Crippen molar-refractivity contribution in [2.45, 2.75) is 132 Å². The number of hydrogen-bond donors (Lipinski definition) is 14. The van der Waals surface area contributed by atoms with Crippen molar-refractivity contribution in [1.29, 1.82) is 0 Å². The Hall–Kier alpha value is -12.5. The predicted octanol–water partition coefficient (Wildman–Crippen LogP) is 1.69. The molecule has 1 saturated heterocycles. The van der Waals surface area contributed by atoms with Crippen LogP contribution in [-0.4, -0.2) is 175 Å². The van der Waals surface area contributed by atoms with E-state index < -0.39 is 156 Å². The average Bonchev–Trinajstić information content (AvgIpc) is 1.60. The summed E-state index contributed by atoms with van der Waals surface area (Å²) in [4.78, 5) is 186. The Labute approximate surface area is 605 Å². The van der Waals surface area contributed by atoms with E-state index in [0.717, 1.165) is 6.92 Å². The molecule has 0 radical (unpaired) electrons. The number of esters is 1. The molecular weight excluding hydrogens is 1380 g/mol. The van der Waals surface area contributed by atoms with Crippen LogP contribution in [0.2, 0.25) is 0 Å². The van der Waals surface area contributed by atoms with Gasteiger partial charge in [-0.2, -0.15) is 0 Å². The normalized spacial score (nSPS) is 21.8. The lowest BCUT2D eigenvalue weighted by Gasteiger charge is -2.37. The van der Waals surface area contributed by atoms with Crippen LogP contribution >= 0.6 is 0 Å². The third-order valence-electron chi connectivity index (χ3n) is 18.3. The van der Waals surface area contributed by atoms with Crippen LogP contribution in [-0.2, 0) is 101 Å². The minimum Gasteiger partial charge on any atom is -0.508 e. The van der Waals surface area contributed by atoms with Gasteiger partial charge in [0.1, 0.15) is 84.2 Å². The maximum Gasteiger partial charge on any atom is 0.308 e. The summed E-state index contributed by atoms with van der Waals surface area (Å²) >= 11 is 0. The molecule has 2 bridgehead atoms. The molecule has 3 aromatic heterocycles. The van der Waals surface area contributed by atoms with Gasteiger partial charge in [0.15, 0.2) is 0 Å². The number of carbonyl (C=O) groups excluding carboxylic acids is 12. The van der Waals surface area contributed by atoms with Crippen LogP contribution in [0.15, 0.2) is 140 Å². The summed E-state index contributed by atoms with van der Waals surface area (Å²) in [5, 5.41) is 34.3. The van der Waals surface area contributed by atoms with Crippen molar-refractivity contribution in [2.24, 2.45) is 5.73 Å². The van der Waals surface area contributed by atoms with E-state index in [4.69, 9.17) is 15.2 Å². The molecule has 11 amide bonds. The van der Waals surface area contributed by atoms with Gasteiger partial charge in [0.25, 0.3) is 0 Å². The Kier molecular flexibility index (Phi) is 25.2. The summed E-state index contributed by atoms with van der Waals surface area (Å²) in [6.45, 7) is 1.24. The Balaban J connectivity index is 1.01. The molecule has 0 saturated carbocycles. The van der Waals surface area contributed by atoms with Crippen LogP contribution in [0.4, 0.5) is 8.78 Å². The maximum absolute atomic E-state index is 15.4. The molecule has 556 valence electrons. The molecular formula is C74H81F2N15O15. The van der Waals surface area contributed by atoms with E-state index in [9.17, 15) is 47.4 Å². The monoisotopic (exact) mass is 1460 g/mol. The van der Waals surface area contributed by atoms with Gasteiger partial charge >= 0.3 is 5.97 Å². The number of aromatic hydroxyl groups is 1. The van der Waals surface area contributed by atoms with Crippen LogP contribution in [0.1, 0.15) is 79.5 Å². The van der Waals surface area contributed by atoms with Crippen LogP contribution in [0, 0.1) is 11.6 Å². The molecule has 0 spiro atoms. The molecule has 8 atom stereocenters. The second-order valence-corrected chi connectivity index (χ2v) is 26.1. The minimum atomic E-state index is -1.96. The lowest BCUT2D eigenvalue weighted by Crippen LogP contribution is -2.63. The molecule has 32 heteroatoms. The van der Waals surface area contributed by atoms with Crippen molar-refractivity contribution in [3.63, 3.8) is 0 Å². The fourth-order valence-electron chi connectivity index (χ4n) is 12.7. The highest BCUT2D eigenvalue weighted by Crippen LogP contribution is 2.32. The van der Waals surface area contributed by atoms with Gasteiger partial charge in [-0.25, -0.2) is 13.8 Å². The molecule has 106 heavy (non-hydrogen) atoms. The number of aromatic nitrogens is 4. The molecule has 8 aromatic rings. The van der Waals surface area contributed by atoms with E-state index in [1.54, 1.807) is 60.8 Å². The van der Waals surface area contributed by atoms with Crippen molar-refractivity contribution in [3.05, 3.63) is 185 Å². The Morgan fingerprint density at radius 3 is 1.97 bits per heavy atom. The molecule has 3 aliphatic rings. The number of carbonyl (C=O) groups is 12. The number of nitrogens with two attached hydrogens (primary N) is 1. The second kappa shape index (κ2) is 35.1. The number of imidazole rings is 1. The van der Waals surface area contributed by atoms with E-state index in [2.05, 4.69) is 67.8 Å². The molecule has 1 fully saturated rings. The maximum atomic E-state index is 15.4. The largest absolute Gasteiger partial charge is 0.508 e. The zero-order chi connectivity index (χ0) is 75.6. The minimum absolute atomic E-state index is 0.00964. The van der Waals surface area contributed by atoms with Gasteiger partial charge in [0.05, 0.1) is 32.3 Å². The van der Waals surface area contributed by atoms with Gasteiger partial charge in [-0.05, 0) is 121 Å². The number of amides is 11. The van der Waals surface area contributed by atoms with Crippen molar-refractivity contribution >= 4 is 92.8 Å². The van der Waals surface area contributed by atoms with Crippen molar-refractivity contribution in [2.75, 3.05) is 26.2 Å². The van der Waals surface area contributed by atoms with Crippen molar-refractivity contribution < 1.29 is 80.9 Å². The molecule has 3 aliphatic heterocycles. The van der Waals surface area contributed by atoms with Crippen LogP contribution < -0.4 is 58.3 Å². The average molecular weight is 1460 g/mol. The van der Waals surface area contributed by atoms with Gasteiger partial charge in [-0.3, -0.25) is 57.5 Å². The third kappa shape index (κ3) is 20.4. The molecule has 15 N–H and O–H groups in total.